The van der Waals surface area contributed by atoms with Gasteiger partial charge in [0, 0.05) is 11.1 Å². The first-order valence-corrected chi connectivity index (χ1v) is 10.0. The minimum atomic E-state index is -1.09. The molecule has 0 N–H and O–H groups in total. The van der Waals surface area contributed by atoms with Crippen molar-refractivity contribution in [2.75, 3.05) is 0 Å². The predicted molar refractivity (Wildman–Crippen MR) is 109 cm³/mol. The van der Waals surface area contributed by atoms with Crippen LogP contribution in [0.3, 0.4) is 0 Å². The van der Waals surface area contributed by atoms with Crippen LogP contribution in [-0.4, -0.2) is 23.8 Å². The van der Waals surface area contributed by atoms with E-state index < -0.39 is 6.10 Å². The van der Waals surface area contributed by atoms with E-state index in [0.29, 0.717) is 11.1 Å². The van der Waals surface area contributed by atoms with Crippen molar-refractivity contribution in [3.8, 4) is 0 Å². The van der Waals surface area contributed by atoms with Gasteiger partial charge in [0.1, 0.15) is 0 Å². The predicted octanol–water partition coefficient (Wildman–Crippen LogP) is 5.89. The van der Waals surface area contributed by atoms with Gasteiger partial charge in [-0.1, -0.05) is 100 Å². The third-order valence-corrected chi connectivity index (χ3v) is 4.76. The lowest BCUT2D eigenvalue weighted by molar-refractivity contribution is -0.00249. The largest absolute Gasteiger partial charge is 0.359 e. The summed E-state index contributed by atoms with van der Waals surface area (Å²) in [6.45, 7) is 4.22. The first-order valence-electron chi connectivity index (χ1n) is 10.0. The molecule has 0 radical (unpaired) electrons. The molecule has 0 saturated heterocycles. The highest BCUT2D eigenvalue weighted by Crippen LogP contribution is 2.19. The SMILES string of the molecule is CCCCCCC(CC)OC(C(=O)c1ccccc1)C(=O)c1ccccc1. The van der Waals surface area contributed by atoms with E-state index in [1.54, 1.807) is 48.5 Å². The zero-order chi connectivity index (χ0) is 19.5. The van der Waals surface area contributed by atoms with Crippen LogP contribution in [0.2, 0.25) is 0 Å². The normalized spacial score (nSPS) is 12.1. The van der Waals surface area contributed by atoms with E-state index in [2.05, 4.69) is 6.92 Å². The molecule has 2 aromatic rings. The van der Waals surface area contributed by atoms with Gasteiger partial charge in [0.15, 0.2) is 17.7 Å². The smallest absolute Gasteiger partial charge is 0.199 e. The Morgan fingerprint density at radius 3 is 1.74 bits per heavy atom. The molecule has 27 heavy (non-hydrogen) atoms. The Balaban J connectivity index is 2.18. The van der Waals surface area contributed by atoms with Crippen LogP contribution in [-0.2, 0) is 4.74 Å². The Bertz CT molecular complexity index is 643. The van der Waals surface area contributed by atoms with E-state index in [1.165, 1.54) is 12.8 Å². The van der Waals surface area contributed by atoms with Crippen LogP contribution in [0.4, 0.5) is 0 Å². The van der Waals surface area contributed by atoms with Crippen LogP contribution in [0.1, 0.15) is 73.1 Å². The lowest BCUT2D eigenvalue weighted by Gasteiger charge is -2.23. The summed E-state index contributed by atoms with van der Waals surface area (Å²) in [4.78, 5) is 26.1. The highest BCUT2D eigenvalue weighted by Gasteiger charge is 2.31. The summed E-state index contributed by atoms with van der Waals surface area (Å²) in [6, 6.07) is 17.9. The number of unbranched alkanes of at least 4 members (excludes halogenated alkanes) is 3. The van der Waals surface area contributed by atoms with Crippen molar-refractivity contribution in [1.29, 1.82) is 0 Å². The Kier molecular flexibility index (Phi) is 8.93. The summed E-state index contributed by atoms with van der Waals surface area (Å²) in [5.74, 6) is -0.534. The van der Waals surface area contributed by atoms with Crippen molar-refractivity contribution in [3.63, 3.8) is 0 Å². The fourth-order valence-corrected chi connectivity index (χ4v) is 3.11. The number of hydrogen-bond acceptors (Lipinski definition) is 3. The molecule has 0 aliphatic carbocycles. The van der Waals surface area contributed by atoms with E-state index in [0.717, 1.165) is 25.7 Å². The minimum Gasteiger partial charge on any atom is -0.359 e. The van der Waals surface area contributed by atoms with Crippen LogP contribution in [0.25, 0.3) is 0 Å². The van der Waals surface area contributed by atoms with E-state index in [4.69, 9.17) is 4.74 Å². The van der Waals surface area contributed by atoms with Gasteiger partial charge in [0.05, 0.1) is 6.10 Å². The Hall–Kier alpha value is -2.26. The molecule has 0 heterocycles. The molecular weight excluding hydrogens is 336 g/mol. The van der Waals surface area contributed by atoms with Crippen molar-refractivity contribution in [1.82, 2.24) is 0 Å². The zero-order valence-corrected chi connectivity index (χ0v) is 16.4. The lowest BCUT2D eigenvalue weighted by atomic mass is 9.97. The molecule has 3 heteroatoms. The van der Waals surface area contributed by atoms with Crippen LogP contribution in [0.5, 0.6) is 0 Å². The number of ether oxygens (including phenoxy) is 1. The lowest BCUT2D eigenvalue weighted by Crippen LogP contribution is -2.36. The molecule has 0 saturated carbocycles. The Labute approximate surface area is 162 Å². The van der Waals surface area contributed by atoms with Crippen LogP contribution >= 0.6 is 0 Å². The molecule has 0 aromatic heterocycles. The van der Waals surface area contributed by atoms with Crippen LogP contribution in [0.15, 0.2) is 60.7 Å². The van der Waals surface area contributed by atoms with Crippen molar-refractivity contribution in [3.05, 3.63) is 71.8 Å². The van der Waals surface area contributed by atoms with Gasteiger partial charge in [-0.15, -0.1) is 0 Å². The van der Waals surface area contributed by atoms with E-state index in [1.807, 2.05) is 19.1 Å². The number of rotatable bonds is 12. The highest BCUT2D eigenvalue weighted by atomic mass is 16.5. The van der Waals surface area contributed by atoms with Crippen molar-refractivity contribution < 1.29 is 14.3 Å². The van der Waals surface area contributed by atoms with Gasteiger partial charge in [-0.3, -0.25) is 9.59 Å². The monoisotopic (exact) mass is 366 g/mol. The van der Waals surface area contributed by atoms with Gasteiger partial charge < -0.3 is 4.74 Å². The van der Waals surface area contributed by atoms with Gasteiger partial charge in [-0.25, -0.2) is 0 Å². The van der Waals surface area contributed by atoms with Crippen LogP contribution in [0, 0.1) is 0 Å². The van der Waals surface area contributed by atoms with Gasteiger partial charge in [0.2, 0.25) is 0 Å². The third kappa shape index (κ3) is 6.44. The molecule has 144 valence electrons. The third-order valence-electron chi connectivity index (χ3n) is 4.76. The molecule has 0 fully saturated rings. The maximum atomic E-state index is 13.0. The molecule has 0 amide bonds. The fraction of sp³-hybridized carbons (Fsp3) is 0.417. The van der Waals surface area contributed by atoms with Crippen molar-refractivity contribution >= 4 is 11.6 Å². The molecule has 1 atom stereocenters. The number of carbonyl (C=O) groups excluding carboxylic acids is 2. The summed E-state index contributed by atoms with van der Waals surface area (Å²) in [7, 11) is 0. The summed E-state index contributed by atoms with van der Waals surface area (Å²) >= 11 is 0. The molecular formula is C24H30O3. The van der Waals surface area contributed by atoms with Crippen molar-refractivity contribution in [2.24, 2.45) is 0 Å². The second kappa shape index (κ2) is 11.5. The Morgan fingerprint density at radius 2 is 1.30 bits per heavy atom. The summed E-state index contributed by atoms with van der Waals surface area (Å²) in [5.41, 5.74) is 1.01. The van der Waals surface area contributed by atoms with Gasteiger partial charge in [-0.2, -0.15) is 0 Å². The van der Waals surface area contributed by atoms with Gasteiger partial charge in [0.25, 0.3) is 0 Å². The molecule has 1 unspecified atom stereocenters. The van der Waals surface area contributed by atoms with E-state index >= 15 is 0 Å². The molecule has 0 aliphatic heterocycles. The molecule has 0 aliphatic rings. The molecule has 3 nitrogen and oxygen atoms in total. The van der Waals surface area contributed by atoms with Gasteiger partial charge in [-0.05, 0) is 12.8 Å². The number of hydrogen-bond donors (Lipinski definition) is 0. The second-order valence-electron chi connectivity index (χ2n) is 6.86. The summed E-state index contributed by atoms with van der Waals surface area (Å²) in [6.07, 6.45) is 5.06. The van der Waals surface area contributed by atoms with Crippen LogP contribution < -0.4 is 0 Å². The van der Waals surface area contributed by atoms with Gasteiger partial charge >= 0.3 is 0 Å². The maximum Gasteiger partial charge on any atom is 0.199 e. The first kappa shape index (κ1) is 21.0. The Morgan fingerprint density at radius 1 is 0.778 bits per heavy atom. The minimum absolute atomic E-state index is 0.0906. The first-order chi connectivity index (χ1) is 13.2. The average molecular weight is 367 g/mol. The molecule has 2 aromatic carbocycles. The number of ketones is 2. The fourth-order valence-electron chi connectivity index (χ4n) is 3.11. The summed E-state index contributed by atoms with van der Waals surface area (Å²) in [5, 5.41) is 0. The average Bonchev–Trinajstić information content (AvgIpc) is 2.73. The number of carbonyl (C=O) groups is 2. The van der Waals surface area contributed by atoms with E-state index in [-0.39, 0.29) is 17.7 Å². The molecule has 0 bridgehead atoms. The maximum absolute atomic E-state index is 13.0. The van der Waals surface area contributed by atoms with Crippen molar-refractivity contribution in [2.45, 2.75) is 64.6 Å². The topological polar surface area (TPSA) is 43.4 Å². The van der Waals surface area contributed by atoms with E-state index in [9.17, 15) is 9.59 Å². The number of Topliss-reactive ketones (excluding diaryl/α,β-unsaturated/α-hetero) is 2. The standard InChI is InChI=1S/C24H30O3/c1-3-5-6-13-18-21(4-2)27-24(22(25)19-14-9-7-10-15-19)23(26)20-16-11-8-12-17-20/h7-12,14-17,21,24H,3-6,13,18H2,1-2H3. The molecule has 0 spiro atoms. The summed E-state index contributed by atoms with van der Waals surface area (Å²) < 4.78 is 6.11. The number of benzene rings is 2. The molecule has 2 rings (SSSR count). The second-order valence-corrected chi connectivity index (χ2v) is 6.86. The zero-order valence-electron chi connectivity index (χ0n) is 16.4. The quantitative estimate of drug-likeness (QED) is 0.267. The highest BCUT2D eigenvalue weighted by molar-refractivity contribution is 6.18.